The van der Waals surface area contributed by atoms with Crippen LogP contribution in [0.1, 0.15) is 19.8 Å². The van der Waals surface area contributed by atoms with Gasteiger partial charge in [-0.3, -0.25) is 14.9 Å². The van der Waals surface area contributed by atoms with E-state index in [2.05, 4.69) is 4.99 Å². The van der Waals surface area contributed by atoms with Crippen LogP contribution in [0.3, 0.4) is 0 Å². The van der Waals surface area contributed by atoms with Crippen LogP contribution in [0.2, 0.25) is 0 Å². The summed E-state index contributed by atoms with van der Waals surface area (Å²) in [5, 5.41) is 11.0. The molecule has 27 heavy (non-hydrogen) atoms. The van der Waals surface area contributed by atoms with E-state index in [1.165, 1.54) is 17.4 Å². The number of hydrogen-bond donors (Lipinski definition) is 0. The Morgan fingerprint density at radius 1 is 1.26 bits per heavy atom. The van der Waals surface area contributed by atoms with Crippen LogP contribution < -0.4 is 4.80 Å². The molecule has 140 valence electrons. The zero-order chi connectivity index (χ0) is 19.2. The normalized spacial score (nSPS) is 11.8. The lowest BCUT2D eigenvalue weighted by molar-refractivity contribution is -0.384. The lowest BCUT2D eigenvalue weighted by Crippen LogP contribution is -2.16. The molecule has 0 aliphatic carbocycles. The summed E-state index contributed by atoms with van der Waals surface area (Å²) in [4.78, 5) is 28.9. The smallest absolute Gasteiger partial charge is 0.270 e. The summed E-state index contributed by atoms with van der Waals surface area (Å²) in [6, 6.07) is 14.7. The Labute approximate surface area is 164 Å². The number of carbonyl (C=O) groups is 1. The number of nitro groups is 1. The molecule has 0 radical (unpaired) electrons. The van der Waals surface area contributed by atoms with Crippen LogP contribution in [0.25, 0.3) is 10.2 Å². The van der Waals surface area contributed by atoms with E-state index in [0.29, 0.717) is 23.5 Å². The molecule has 6 nitrogen and oxygen atoms in total. The summed E-state index contributed by atoms with van der Waals surface area (Å²) >= 11 is 2.94. The highest BCUT2D eigenvalue weighted by Gasteiger charge is 2.12. The Bertz CT molecular complexity index is 1030. The Balaban J connectivity index is 1.81. The van der Waals surface area contributed by atoms with Gasteiger partial charge in [0.1, 0.15) is 0 Å². The number of nitro benzene ring substituents is 1. The third-order valence-corrected chi connectivity index (χ3v) is 5.93. The number of carbonyl (C=O) groups excluding carboxylic acids is 1. The minimum Gasteiger partial charge on any atom is -0.316 e. The molecule has 0 spiro atoms. The average Bonchev–Trinajstić information content (AvgIpc) is 2.99. The van der Waals surface area contributed by atoms with Crippen LogP contribution in [0.15, 0.2) is 58.4 Å². The molecule has 0 N–H and O–H groups in total. The molecule has 3 aromatic rings. The molecule has 0 unspecified atom stereocenters. The molecule has 0 aliphatic rings. The van der Waals surface area contributed by atoms with Gasteiger partial charge in [0, 0.05) is 35.7 Å². The third kappa shape index (κ3) is 4.84. The number of fused-ring (bicyclic) bond motifs is 1. The van der Waals surface area contributed by atoms with Gasteiger partial charge in [-0.2, -0.15) is 4.99 Å². The summed E-state index contributed by atoms with van der Waals surface area (Å²) in [7, 11) is 0. The number of nitrogens with zero attached hydrogens (tertiary/aromatic N) is 3. The van der Waals surface area contributed by atoms with Crippen molar-refractivity contribution in [1.29, 1.82) is 0 Å². The maximum absolute atomic E-state index is 12.3. The number of thioether (sulfide) groups is 1. The van der Waals surface area contributed by atoms with E-state index in [0.717, 1.165) is 21.5 Å². The van der Waals surface area contributed by atoms with Crippen molar-refractivity contribution >= 4 is 44.9 Å². The predicted octanol–water partition coefficient (Wildman–Crippen LogP) is 4.63. The zero-order valence-corrected chi connectivity index (χ0v) is 16.5. The van der Waals surface area contributed by atoms with E-state index >= 15 is 0 Å². The van der Waals surface area contributed by atoms with Crippen molar-refractivity contribution in [3.63, 3.8) is 0 Å². The largest absolute Gasteiger partial charge is 0.316 e. The second-order valence-corrected chi connectivity index (χ2v) is 8.04. The molecule has 3 rings (SSSR count). The summed E-state index contributed by atoms with van der Waals surface area (Å²) in [5.74, 6) is 0.487. The SMILES string of the molecule is CCCn1c(=NC(=O)CCSc2ccccc2)sc2cc([N+](=O)[O-])ccc21. The minimum atomic E-state index is -0.411. The maximum atomic E-state index is 12.3. The van der Waals surface area contributed by atoms with Crippen LogP contribution in [-0.2, 0) is 11.3 Å². The Morgan fingerprint density at radius 2 is 2.04 bits per heavy atom. The first-order valence-corrected chi connectivity index (χ1v) is 10.4. The minimum absolute atomic E-state index is 0.0459. The van der Waals surface area contributed by atoms with Gasteiger partial charge in [-0.05, 0) is 24.6 Å². The first kappa shape index (κ1) is 19.3. The molecular weight excluding hydrogens is 382 g/mol. The molecule has 2 aromatic carbocycles. The van der Waals surface area contributed by atoms with Gasteiger partial charge in [-0.25, -0.2) is 0 Å². The van der Waals surface area contributed by atoms with Gasteiger partial charge in [0.25, 0.3) is 5.69 Å². The van der Waals surface area contributed by atoms with Gasteiger partial charge in [0.2, 0.25) is 5.91 Å². The van der Waals surface area contributed by atoms with Gasteiger partial charge >= 0.3 is 0 Å². The molecule has 8 heteroatoms. The lowest BCUT2D eigenvalue weighted by Gasteiger charge is -2.02. The second kappa shape index (κ2) is 8.96. The summed E-state index contributed by atoms with van der Waals surface area (Å²) in [5.41, 5.74) is 0.919. The van der Waals surface area contributed by atoms with Gasteiger partial charge in [-0.15, -0.1) is 11.8 Å². The standard InChI is InChI=1S/C19H19N3O3S2/c1-2-11-21-16-9-8-14(22(24)25)13-17(16)27-19(21)20-18(23)10-12-26-15-6-4-3-5-7-15/h3-9,13H,2,10-12H2,1H3. The molecule has 0 bridgehead atoms. The number of rotatable bonds is 7. The molecule has 1 amide bonds. The van der Waals surface area contributed by atoms with Crippen LogP contribution in [0.5, 0.6) is 0 Å². The number of aryl methyl sites for hydroxylation is 1. The van der Waals surface area contributed by atoms with E-state index in [-0.39, 0.29) is 11.6 Å². The fourth-order valence-electron chi connectivity index (χ4n) is 2.64. The molecule has 0 saturated heterocycles. The molecule has 0 aliphatic heterocycles. The van der Waals surface area contributed by atoms with Crippen molar-refractivity contribution in [3.05, 3.63) is 63.4 Å². The highest BCUT2D eigenvalue weighted by Crippen LogP contribution is 2.23. The summed E-state index contributed by atoms with van der Waals surface area (Å²) in [6.07, 6.45) is 1.23. The predicted molar refractivity (Wildman–Crippen MR) is 109 cm³/mol. The number of hydrogen-bond acceptors (Lipinski definition) is 5. The van der Waals surface area contributed by atoms with Gasteiger partial charge in [0.05, 0.1) is 15.1 Å². The highest BCUT2D eigenvalue weighted by molar-refractivity contribution is 7.99. The Hall–Kier alpha value is -2.45. The first-order chi connectivity index (χ1) is 13.1. The van der Waals surface area contributed by atoms with Crippen molar-refractivity contribution in [2.75, 3.05) is 5.75 Å². The molecule has 0 saturated carbocycles. The molecule has 0 atom stereocenters. The number of thiazole rings is 1. The van der Waals surface area contributed by atoms with E-state index in [4.69, 9.17) is 0 Å². The van der Waals surface area contributed by atoms with Gasteiger partial charge < -0.3 is 4.57 Å². The van der Waals surface area contributed by atoms with E-state index in [1.807, 2.05) is 41.8 Å². The Kier molecular flexibility index (Phi) is 6.41. The van der Waals surface area contributed by atoms with Gasteiger partial charge in [0.15, 0.2) is 4.80 Å². The number of benzene rings is 2. The van der Waals surface area contributed by atoms with Crippen LogP contribution in [0, 0.1) is 10.1 Å². The van der Waals surface area contributed by atoms with E-state index in [1.54, 1.807) is 23.9 Å². The second-order valence-electron chi connectivity index (χ2n) is 5.86. The first-order valence-electron chi connectivity index (χ1n) is 8.61. The monoisotopic (exact) mass is 401 g/mol. The Morgan fingerprint density at radius 3 is 2.74 bits per heavy atom. The van der Waals surface area contributed by atoms with Crippen LogP contribution in [-0.4, -0.2) is 21.2 Å². The molecule has 1 heterocycles. The fraction of sp³-hybridized carbons (Fsp3) is 0.263. The molecular formula is C19H19N3O3S2. The van der Waals surface area contributed by atoms with Crippen molar-refractivity contribution < 1.29 is 9.72 Å². The highest BCUT2D eigenvalue weighted by atomic mass is 32.2. The zero-order valence-electron chi connectivity index (χ0n) is 14.8. The quantitative estimate of drug-likeness (QED) is 0.328. The molecule has 1 aromatic heterocycles. The summed E-state index contributed by atoms with van der Waals surface area (Å²) < 4.78 is 2.73. The van der Waals surface area contributed by atoms with Crippen molar-refractivity contribution in [1.82, 2.24) is 4.57 Å². The third-order valence-electron chi connectivity index (χ3n) is 3.87. The number of amides is 1. The van der Waals surface area contributed by atoms with Gasteiger partial charge in [-0.1, -0.05) is 36.5 Å². The fourth-order valence-corrected chi connectivity index (χ4v) is 4.60. The van der Waals surface area contributed by atoms with Crippen LogP contribution >= 0.6 is 23.1 Å². The summed E-state index contributed by atoms with van der Waals surface area (Å²) in [6.45, 7) is 2.76. The van der Waals surface area contributed by atoms with Crippen LogP contribution in [0.4, 0.5) is 5.69 Å². The van der Waals surface area contributed by atoms with Crippen molar-refractivity contribution in [2.45, 2.75) is 31.2 Å². The maximum Gasteiger partial charge on any atom is 0.270 e. The van der Waals surface area contributed by atoms with E-state index < -0.39 is 4.92 Å². The van der Waals surface area contributed by atoms with Crippen molar-refractivity contribution in [2.24, 2.45) is 4.99 Å². The number of non-ortho nitro benzene ring substituents is 1. The topological polar surface area (TPSA) is 77.5 Å². The lowest BCUT2D eigenvalue weighted by atomic mass is 10.3. The molecule has 0 fully saturated rings. The average molecular weight is 402 g/mol. The van der Waals surface area contributed by atoms with Crippen molar-refractivity contribution in [3.8, 4) is 0 Å². The number of aromatic nitrogens is 1. The van der Waals surface area contributed by atoms with E-state index in [9.17, 15) is 14.9 Å².